The van der Waals surface area contributed by atoms with Gasteiger partial charge in [-0.15, -0.1) is 0 Å². The molecule has 4 rings (SSSR count). The molecule has 0 radical (unpaired) electrons. The number of carbonyl (C=O) groups is 1. The van der Waals surface area contributed by atoms with Crippen molar-refractivity contribution in [3.05, 3.63) is 47.5 Å². The molecule has 2 aliphatic rings. The summed E-state index contributed by atoms with van der Waals surface area (Å²) in [4.78, 5) is 21.4. The Bertz CT molecular complexity index is 1080. The van der Waals surface area contributed by atoms with E-state index in [-0.39, 0.29) is 11.7 Å². The summed E-state index contributed by atoms with van der Waals surface area (Å²) in [7, 11) is -3.51. The van der Waals surface area contributed by atoms with Crippen LogP contribution in [0.3, 0.4) is 0 Å². The van der Waals surface area contributed by atoms with Crippen molar-refractivity contribution in [2.75, 3.05) is 25.4 Å². The van der Waals surface area contributed by atoms with Crippen molar-refractivity contribution < 1.29 is 13.2 Å². The van der Waals surface area contributed by atoms with Crippen molar-refractivity contribution in [2.45, 2.75) is 77.5 Å². The van der Waals surface area contributed by atoms with Gasteiger partial charge in [0, 0.05) is 12.5 Å². The molecule has 1 aliphatic heterocycles. The molecule has 0 spiro atoms. The Hall–Kier alpha value is -2.30. The lowest BCUT2D eigenvalue weighted by molar-refractivity contribution is -0.132. The number of carbonyl (C=O) groups excluding carboxylic acids is 1. The number of nitrogens with zero attached hydrogens (tertiary/aromatic N) is 5. The largest absolute Gasteiger partial charge is 0.332 e. The third-order valence-corrected chi connectivity index (χ3v) is 8.37. The van der Waals surface area contributed by atoms with Crippen molar-refractivity contribution in [1.82, 2.24) is 29.3 Å². The van der Waals surface area contributed by atoms with E-state index in [0.717, 1.165) is 43.9 Å². The lowest BCUT2D eigenvalue weighted by Gasteiger charge is -2.20. The van der Waals surface area contributed by atoms with Crippen LogP contribution >= 0.6 is 0 Å². The highest BCUT2D eigenvalue weighted by Crippen LogP contribution is 2.30. The average molecular weight is 503 g/mol. The molecular weight excluding hydrogens is 464 g/mol. The predicted molar refractivity (Wildman–Crippen MR) is 135 cm³/mol. The molecule has 2 heterocycles. The quantitative estimate of drug-likeness (QED) is 0.452. The smallest absolute Gasteiger partial charge is 0.225 e. The van der Waals surface area contributed by atoms with E-state index < -0.39 is 16.1 Å². The number of fused-ring (bicyclic) bond motifs is 1. The Kier molecular flexibility index (Phi) is 8.56. The summed E-state index contributed by atoms with van der Waals surface area (Å²) in [5, 5.41) is 4.68. The maximum Gasteiger partial charge on any atom is 0.225 e. The molecule has 1 aliphatic carbocycles. The van der Waals surface area contributed by atoms with Crippen LogP contribution in [0.2, 0.25) is 0 Å². The number of aryl methyl sites for hydroxylation is 2. The van der Waals surface area contributed by atoms with E-state index in [4.69, 9.17) is 4.98 Å². The molecule has 1 atom stereocenters. The normalized spacial score (nSPS) is 17.5. The van der Waals surface area contributed by atoms with Crippen LogP contribution in [0.1, 0.15) is 69.2 Å². The molecule has 0 saturated heterocycles. The highest BCUT2D eigenvalue weighted by molar-refractivity contribution is 7.89. The number of amides is 1. The number of hydrogen-bond acceptors (Lipinski definition) is 6. The molecule has 10 heteroatoms. The third kappa shape index (κ3) is 7.11. The van der Waals surface area contributed by atoms with E-state index in [1.807, 2.05) is 35.2 Å². The van der Waals surface area contributed by atoms with Crippen LogP contribution < -0.4 is 4.72 Å². The second-order valence-corrected chi connectivity index (χ2v) is 11.4. The maximum absolute atomic E-state index is 13.0. The van der Waals surface area contributed by atoms with Gasteiger partial charge >= 0.3 is 0 Å². The highest BCUT2D eigenvalue weighted by atomic mass is 32.2. The number of rotatable bonds is 13. The molecule has 35 heavy (non-hydrogen) atoms. The van der Waals surface area contributed by atoms with Gasteiger partial charge in [-0.1, -0.05) is 44.2 Å². The van der Waals surface area contributed by atoms with Gasteiger partial charge in [-0.25, -0.2) is 22.8 Å². The van der Waals surface area contributed by atoms with Gasteiger partial charge in [0.1, 0.15) is 5.82 Å². The van der Waals surface area contributed by atoms with Crippen molar-refractivity contribution >= 4 is 15.9 Å². The van der Waals surface area contributed by atoms with Crippen molar-refractivity contribution in [3.8, 4) is 0 Å². The van der Waals surface area contributed by atoms with Gasteiger partial charge in [0.2, 0.25) is 15.9 Å². The fourth-order valence-corrected chi connectivity index (χ4v) is 5.92. The van der Waals surface area contributed by atoms with Crippen LogP contribution in [0.15, 0.2) is 30.3 Å². The van der Waals surface area contributed by atoms with E-state index in [9.17, 15) is 13.2 Å². The monoisotopic (exact) mass is 502 g/mol. The van der Waals surface area contributed by atoms with Gasteiger partial charge in [-0.3, -0.25) is 4.79 Å². The fraction of sp³-hybridized carbons (Fsp3) is 0.640. The first kappa shape index (κ1) is 25.8. The summed E-state index contributed by atoms with van der Waals surface area (Å²) < 4.78 is 30.8. The zero-order valence-electron chi connectivity index (χ0n) is 20.9. The lowest BCUT2D eigenvalue weighted by atomic mass is 10.1. The zero-order valence-corrected chi connectivity index (χ0v) is 21.7. The minimum absolute atomic E-state index is 0.0723. The number of benzene rings is 1. The number of hydrogen-bond donors (Lipinski definition) is 1. The van der Waals surface area contributed by atoms with Gasteiger partial charge in [0.05, 0.1) is 24.9 Å². The Balaban J connectivity index is 1.49. The molecule has 0 unspecified atom stereocenters. The molecule has 192 valence electrons. The number of aromatic nitrogens is 3. The molecule has 1 N–H and O–H groups in total. The van der Waals surface area contributed by atoms with Crippen LogP contribution in [-0.4, -0.2) is 70.3 Å². The van der Waals surface area contributed by atoms with Gasteiger partial charge in [-0.2, -0.15) is 5.10 Å². The van der Waals surface area contributed by atoms with Crippen LogP contribution in [0.5, 0.6) is 0 Å². The first-order valence-corrected chi connectivity index (χ1v) is 14.5. The van der Waals surface area contributed by atoms with E-state index >= 15 is 0 Å². The Morgan fingerprint density at radius 1 is 1.17 bits per heavy atom. The van der Waals surface area contributed by atoms with Crippen LogP contribution in [0.25, 0.3) is 0 Å². The second-order valence-electron chi connectivity index (χ2n) is 9.51. The first-order valence-electron chi connectivity index (χ1n) is 12.9. The molecule has 1 aromatic heterocycles. The molecule has 1 amide bonds. The molecule has 1 fully saturated rings. The number of nitrogens with one attached hydrogen (secondary N) is 1. The standard InChI is InChI=1S/C25H38N6O3S/c1-3-29(4-2)16-8-18-35(33,34)28-22(14-11-20-9-6-5-7-10-20)25-26-23-19-30(21-12-13-21)24(32)15-17-31(23)27-25/h5-7,9-10,21-22,28H,3-4,8,11-19H2,1-2H3/t22-/m1/s1. The van der Waals surface area contributed by atoms with Gasteiger partial charge < -0.3 is 9.80 Å². The van der Waals surface area contributed by atoms with Gasteiger partial charge in [0.15, 0.2) is 5.82 Å². The van der Waals surface area contributed by atoms with E-state index in [2.05, 4.69) is 28.6 Å². The molecule has 9 nitrogen and oxygen atoms in total. The van der Waals surface area contributed by atoms with Gasteiger partial charge in [-0.05, 0) is 57.3 Å². The molecule has 0 bridgehead atoms. The SMILES string of the molecule is CCN(CC)CCCS(=O)(=O)N[C@H](CCc1ccccc1)c1nc2n(n1)CCC(=O)N(C1CC1)C2. The minimum Gasteiger partial charge on any atom is -0.332 e. The Morgan fingerprint density at radius 2 is 1.91 bits per heavy atom. The summed E-state index contributed by atoms with van der Waals surface area (Å²) in [6.07, 6.45) is 4.34. The van der Waals surface area contributed by atoms with E-state index in [1.165, 1.54) is 0 Å². The van der Waals surface area contributed by atoms with Crippen molar-refractivity contribution in [2.24, 2.45) is 0 Å². The molecule has 2 aromatic rings. The first-order chi connectivity index (χ1) is 16.9. The van der Waals surface area contributed by atoms with E-state index in [1.54, 1.807) is 4.68 Å². The van der Waals surface area contributed by atoms with Crippen molar-refractivity contribution in [3.63, 3.8) is 0 Å². The molecule has 1 saturated carbocycles. The topological polar surface area (TPSA) is 100 Å². The summed E-state index contributed by atoms with van der Waals surface area (Å²) in [5.41, 5.74) is 1.14. The van der Waals surface area contributed by atoms with E-state index in [0.29, 0.717) is 50.6 Å². The summed E-state index contributed by atoms with van der Waals surface area (Å²) in [6, 6.07) is 9.84. The average Bonchev–Trinajstić information content (AvgIpc) is 3.64. The third-order valence-electron chi connectivity index (χ3n) is 6.90. The highest BCUT2D eigenvalue weighted by Gasteiger charge is 2.35. The fourth-order valence-electron chi connectivity index (χ4n) is 4.63. The summed E-state index contributed by atoms with van der Waals surface area (Å²) in [5.74, 6) is 1.45. The second kappa shape index (κ2) is 11.6. The Morgan fingerprint density at radius 3 is 2.60 bits per heavy atom. The van der Waals surface area contributed by atoms with Crippen LogP contribution in [0, 0.1) is 0 Å². The molecule has 1 aromatic carbocycles. The summed E-state index contributed by atoms with van der Waals surface area (Å²) in [6.45, 7) is 7.67. The lowest BCUT2D eigenvalue weighted by Crippen LogP contribution is -2.34. The predicted octanol–water partition coefficient (Wildman–Crippen LogP) is 2.50. The zero-order chi connectivity index (χ0) is 24.8. The number of sulfonamides is 1. The minimum atomic E-state index is -3.51. The van der Waals surface area contributed by atoms with Crippen molar-refractivity contribution in [1.29, 1.82) is 0 Å². The maximum atomic E-state index is 13.0. The summed E-state index contributed by atoms with van der Waals surface area (Å²) >= 11 is 0. The van der Waals surface area contributed by atoms with Gasteiger partial charge in [0.25, 0.3) is 0 Å². The van der Waals surface area contributed by atoms with Crippen LogP contribution in [0.4, 0.5) is 0 Å². The molecular formula is C25H38N6O3S. The van der Waals surface area contributed by atoms with Crippen LogP contribution in [-0.2, 0) is 34.3 Å². The Labute approximate surface area is 208 Å².